The minimum atomic E-state index is -0.705. The molecule has 2 heterocycles. The zero-order valence-corrected chi connectivity index (χ0v) is 18.5. The third kappa shape index (κ3) is 4.05. The van der Waals surface area contributed by atoms with Crippen molar-refractivity contribution in [3.63, 3.8) is 0 Å². The molecule has 4 rings (SSSR count). The number of carbonyl (C=O) groups is 2. The van der Waals surface area contributed by atoms with E-state index in [1.807, 2.05) is 60.8 Å². The molecule has 6 nitrogen and oxygen atoms in total. The molecule has 2 atom stereocenters. The number of nitrogens with zero attached hydrogens (tertiary/aromatic N) is 2. The SMILES string of the molecule is CCOC(=O)C(CC)N1C(=O)C(C)Oc2ccc(-c3csc(-c4ccccc4)n3)cc21. The highest BCUT2D eigenvalue weighted by atomic mass is 32.1. The van der Waals surface area contributed by atoms with Gasteiger partial charge in [-0.1, -0.05) is 37.3 Å². The largest absolute Gasteiger partial charge is 0.479 e. The molecule has 1 aliphatic rings. The maximum Gasteiger partial charge on any atom is 0.329 e. The van der Waals surface area contributed by atoms with Crippen molar-refractivity contribution in [2.24, 2.45) is 0 Å². The van der Waals surface area contributed by atoms with Crippen molar-refractivity contribution < 1.29 is 19.1 Å². The van der Waals surface area contributed by atoms with Gasteiger partial charge in [-0.05, 0) is 38.5 Å². The molecule has 31 heavy (non-hydrogen) atoms. The molecule has 7 heteroatoms. The first-order chi connectivity index (χ1) is 15.0. The van der Waals surface area contributed by atoms with Crippen molar-refractivity contribution in [3.05, 3.63) is 53.9 Å². The number of ether oxygens (including phenoxy) is 2. The Bertz CT molecular complexity index is 1100. The molecule has 0 saturated heterocycles. The molecular weight excluding hydrogens is 412 g/mol. The smallest absolute Gasteiger partial charge is 0.329 e. The Morgan fingerprint density at radius 1 is 1.19 bits per heavy atom. The molecule has 160 valence electrons. The minimum absolute atomic E-state index is 0.257. The third-order valence-corrected chi connectivity index (χ3v) is 6.08. The highest BCUT2D eigenvalue weighted by Gasteiger charge is 2.39. The molecule has 1 amide bonds. The summed E-state index contributed by atoms with van der Waals surface area (Å²) in [7, 11) is 0. The minimum Gasteiger partial charge on any atom is -0.479 e. The maximum atomic E-state index is 13.0. The van der Waals surface area contributed by atoms with Crippen LogP contribution in [0.4, 0.5) is 5.69 Å². The number of amides is 1. The number of anilines is 1. The Balaban J connectivity index is 1.74. The predicted octanol–water partition coefficient (Wildman–Crippen LogP) is 4.93. The number of esters is 1. The number of fused-ring (bicyclic) bond motifs is 1. The zero-order valence-electron chi connectivity index (χ0n) is 17.7. The molecule has 3 aromatic rings. The van der Waals surface area contributed by atoms with E-state index in [0.29, 0.717) is 17.9 Å². The van der Waals surface area contributed by atoms with Crippen LogP contribution >= 0.6 is 11.3 Å². The van der Waals surface area contributed by atoms with E-state index in [4.69, 9.17) is 14.5 Å². The van der Waals surface area contributed by atoms with E-state index in [2.05, 4.69) is 0 Å². The normalized spacial score (nSPS) is 16.4. The van der Waals surface area contributed by atoms with Crippen LogP contribution < -0.4 is 9.64 Å². The number of benzene rings is 2. The highest BCUT2D eigenvalue weighted by Crippen LogP contribution is 2.40. The van der Waals surface area contributed by atoms with E-state index < -0.39 is 18.1 Å². The molecule has 0 fully saturated rings. The van der Waals surface area contributed by atoms with Gasteiger partial charge in [-0.3, -0.25) is 9.69 Å². The fraction of sp³-hybridized carbons (Fsp3) is 0.292. The standard InChI is InChI=1S/C24H24N2O4S/c1-4-19(24(28)29-5-2)26-20-13-17(11-12-21(20)30-15(3)23(26)27)18-14-31-22(25-18)16-9-7-6-8-10-16/h6-15,19H,4-5H2,1-3H3. The molecule has 0 aliphatic carbocycles. The van der Waals surface area contributed by atoms with Gasteiger partial charge in [-0.25, -0.2) is 9.78 Å². The molecule has 2 aromatic carbocycles. The Morgan fingerprint density at radius 2 is 1.97 bits per heavy atom. The topological polar surface area (TPSA) is 68.7 Å². The lowest BCUT2D eigenvalue weighted by Crippen LogP contribution is -2.52. The van der Waals surface area contributed by atoms with E-state index in [-0.39, 0.29) is 12.5 Å². The van der Waals surface area contributed by atoms with Crippen LogP contribution in [0.1, 0.15) is 27.2 Å². The fourth-order valence-corrected chi connectivity index (χ4v) is 4.49. The van der Waals surface area contributed by atoms with Crippen LogP contribution in [-0.4, -0.2) is 35.6 Å². The monoisotopic (exact) mass is 436 g/mol. The van der Waals surface area contributed by atoms with Crippen molar-refractivity contribution in [2.45, 2.75) is 39.3 Å². The summed E-state index contributed by atoms with van der Waals surface area (Å²) in [5.41, 5.74) is 3.28. The summed E-state index contributed by atoms with van der Waals surface area (Å²) in [6, 6.07) is 14.9. The Labute approximate surface area is 185 Å². The van der Waals surface area contributed by atoms with Gasteiger partial charge in [0.25, 0.3) is 5.91 Å². The Hall–Kier alpha value is -3.19. The molecule has 2 unspecified atom stereocenters. The summed E-state index contributed by atoms with van der Waals surface area (Å²) < 4.78 is 11.0. The molecule has 0 bridgehead atoms. The van der Waals surface area contributed by atoms with Crippen LogP contribution in [0.15, 0.2) is 53.9 Å². The first-order valence-electron chi connectivity index (χ1n) is 10.3. The number of thiazole rings is 1. The van der Waals surface area contributed by atoms with Gasteiger partial charge in [-0.15, -0.1) is 11.3 Å². The number of hydrogen-bond donors (Lipinski definition) is 0. The van der Waals surface area contributed by atoms with Gasteiger partial charge in [0.1, 0.15) is 16.8 Å². The van der Waals surface area contributed by atoms with Crippen molar-refractivity contribution in [1.82, 2.24) is 4.98 Å². The first-order valence-corrected chi connectivity index (χ1v) is 11.2. The third-order valence-electron chi connectivity index (χ3n) is 5.19. The van der Waals surface area contributed by atoms with Gasteiger partial charge in [-0.2, -0.15) is 0 Å². The average molecular weight is 437 g/mol. The number of hydrogen-bond acceptors (Lipinski definition) is 6. The molecule has 1 aromatic heterocycles. The lowest BCUT2D eigenvalue weighted by atomic mass is 10.0. The summed E-state index contributed by atoms with van der Waals surface area (Å²) in [5.74, 6) is -0.103. The fourth-order valence-electron chi connectivity index (χ4n) is 3.65. The number of aromatic nitrogens is 1. The van der Waals surface area contributed by atoms with Crippen LogP contribution in [0.25, 0.3) is 21.8 Å². The molecule has 0 spiro atoms. The van der Waals surface area contributed by atoms with Crippen molar-refractivity contribution >= 4 is 28.9 Å². The Morgan fingerprint density at radius 3 is 2.68 bits per heavy atom. The van der Waals surface area contributed by atoms with Gasteiger partial charge in [0.15, 0.2) is 6.10 Å². The summed E-state index contributed by atoms with van der Waals surface area (Å²) in [6.07, 6.45) is -0.235. The molecular formula is C24H24N2O4S. The maximum absolute atomic E-state index is 13.0. The summed E-state index contributed by atoms with van der Waals surface area (Å²) in [5, 5.41) is 2.91. The number of carbonyl (C=O) groups excluding carboxylic acids is 2. The second-order valence-electron chi connectivity index (χ2n) is 7.23. The van der Waals surface area contributed by atoms with Gasteiger partial charge in [0, 0.05) is 16.5 Å². The van der Waals surface area contributed by atoms with Crippen LogP contribution in [0.2, 0.25) is 0 Å². The van der Waals surface area contributed by atoms with Crippen molar-refractivity contribution in [3.8, 4) is 27.6 Å². The van der Waals surface area contributed by atoms with Crippen LogP contribution in [-0.2, 0) is 14.3 Å². The number of rotatable bonds is 6. The van der Waals surface area contributed by atoms with Gasteiger partial charge in [0.2, 0.25) is 0 Å². The average Bonchev–Trinajstić information content (AvgIpc) is 3.28. The van der Waals surface area contributed by atoms with E-state index >= 15 is 0 Å². The van der Waals surface area contributed by atoms with Crippen LogP contribution in [0.5, 0.6) is 5.75 Å². The van der Waals surface area contributed by atoms with Gasteiger partial charge in [0.05, 0.1) is 18.0 Å². The molecule has 0 radical (unpaired) electrons. The quantitative estimate of drug-likeness (QED) is 0.513. The van der Waals surface area contributed by atoms with E-state index in [1.165, 1.54) is 4.90 Å². The summed E-state index contributed by atoms with van der Waals surface area (Å²) in [4.78, 5) is 31.9. The van der Waals surface area contributed by atoms with Crippen molar-refractivity contribution in [2.75, 3.05) is 11.5 Å². The molecule has 0 N–H and O–H groups in total. The van der Waals surface area contributed by atoms with Crippen molar-refractivity contribution in [1.29, 1.82) is 0 Å². The second-order valence-corrected chi connectivity index (χ2v) is 8.09. The first kappa shape index (κ1) is 21.1. The van der Waals surface area contributed by atoms with Crippen LogP contribution in [0.3, 0.4) is 0 Å². The zero-order chi connectivity index (χ0) is 22.0. The second kappa shape index (κ2) is 8.89. The summed E-state index contributed by atoms with van der Waals surface area (Å²) in [6.45, 7) is 5.58. The van der Waals surface area contributed by atoms with E-state index in [9.17, 15) is 9.59 Å². The predicted molar refractivity (Wildman–Crippen MR) is 121 cm³/mol. The van der Waals surface area contributed by atoms with E-state index in [1.54, 1.807) is 25.2 Å². The lowest BCUT2D eigenvalue weighted by molar-refractivity contribution is -0.146. The van der Waals surface area contributed by atoms with Gasteiger partial charge < -0.3 is 9.47 Å². The van der Waals surface area contributed by atoms with Gasteiger partial charge >= 0.3 is 5.97 Å². The summed E-state index contributed by atoms with van der Waals surface area (Å²) >= 11 is 1.56. The van der Waals surface area contributed by atoms with E-state index in [0.717, 1.165) is 21.8 Å². The highest BCUT2D eigenvalue weighted by molar-refractivity contribution is 7.13. The molecule has 1 aliphatic heterocycles. The molecule has 0 saturated carbocycles. The lowest BCUT2D eigenvalue weighted by Gasteiger charge is -2.37. The Kier molecular flexibility index (Phi) is 6.04. The van der Waals surface area contributed by atoms with Crippen LogP contribution in [0, 0.1) is 0 Å².